The van der Waals surface area contributed by atoms with Gasteiger partial charge in [-0.2, -0.15) is 0 Å². The number of benzene rings is 3. The minimum absolute atomic E-state index is 0.134. The van der Waals surface area contributed by atoms with Crippen LogP contribution >= 0.6 is 0 Å². The first kappa shape index (κ1) is 23.1. The third-order valence-corrected chi connectivity index (χ3v) is 6.24. The number of nitro benzene ring substituents is 1. The molecule has 36 heavy (non-hydrogen) atoms. The minimum Gasteiger partial charge on any atom is -0.507 e. The summed E-state index contributed by atoms with van der Waals surface area (Å²) in [6.45, 7) is 0.923. The standard InChI is InChI=1S/C27H22N2O7/c30-25(19-9-10-21-22(16-19)36-14-13-35-21)23-24(18-7-4-8-20(15-18)29(33)34)28(27(32)26(23)31)12-11-17-5-2-1-3-6-17/h1-10,15-16,24,30H,11-14H2/b25-23+/t24-/m1/s1. The molecule has 2 aliphatic heterocycles. The highest BCUT2D eigenvalue weighted by Crippen LogP contribution is 2.41. The van der Waals surface area contributed by atoms with Gasteiger partial charge in [0.25, 0.3) is 17.4 Å². The van der Waals surface area contributed by atoms with Crippen LogP contribution < -0.4 is 9.47 Å². The summed E-state index contributed by atoms with van der Waals surface area (Å²) in [4.78, 5) is 38.6. The van der Waals surface area contributed by atoms with Gasteiger partial charge in [-0.1, -0.05) is 42.5 Å². The van der Waals surface area contributed by atoms with Gasteiger partial charge in [-0.3, -0.25) is 19.7 Å². The quantitative estimate of drug-likeness (QED) is 0.184. The molecule has 1 saturated heterocycles. The zero-order valence-corrected chi connectivity index (χ0v) is 19.1. The first-order valence-corrected chi connectivity index (χ1v) is 11.4. The molecule has 0 radical (unpaired) electrons. The highest BCUT2D eigenvalue weighted by Gasteiger charge is 2.46. The molecular weight excluding hydrogens is 464 g/mol. The Morgan fingerprint density at radius 1 is 0.972 bits per heavy atom. The maximum Gasteiger partial charge on any atom is 0.295 e. The van der Waals surface area contributed by atoms with E-state index in [4.69, 9.17) is 9.47 Å². The maximum absolute atomic E-state index is 13.2. The lowest BCUT2D eigenvalue weighted by Crippen LogP contribution is -2.31. The summed E-state index contributed by atoms with van der Waals surface area (Å²) in [6, 6.07) is 19.0. The van der Waals surface area contributed by atoms with Crippen molar-refractivity contribution < 1.29 is 29.1 Å². The van der Waals surface area contributed by atoms with Crippen LogP contribution in [0, 0.1) is 10.1 Å². The summed E-state index contributed by atoms with van der Waals surface area (Å²) in [6.07, 6.45) is 0.462. The van der Waals surface area contributed by atoms with Crippen LogP contribution in [-0.4, -0.2) is 46.4 Å². The van der Waals surface area contributed by atoms with E-state index in [1.165, 1.54) is 23.1 Å². The van der Waals surface area contributed by atoms with Gasteiger partial charge < -0.3 is 19.5 Å². The van der Waals surface area contributed by atoms with Crippen molar-refractivity contribution in [2.24, 2.45) is 0 Å². The summed E-state index contributed by atoms with van der Waals surface area (Å²) in [7, 11) is 0. The Morgan fingerprint density at radius 2 is 1.72 bits per heavy atom. The summed E-state index contributed by atoms with van der Waals surface area (Å²) in [5.74, 6) is -1.09. The molecule has 1 fully saturated rings. The number of nitro groups is 1. The fourth-order valence-corrected chi connectivity index (χ4v) is 4.51. The molecule has 1 N–H and O–H groups in total. The highest BCUT2D eigenvalue weighted by atomic mass is 16.6. The van der Waals surface area contributed by atoms with Crippen LogP contribution in [0.2, 0.25) is 0 Å². The number of likely N-dealkylation sites (tertiary alicyclic amines) is 1. The largest absolute Gasteiger partial charge is 0.507 e. The minimum atomic E-state index is -0.998. The van der Waals surface area contributed by atoms with Gasteiger partial charge in [-0.25, -0.2) is 0 Å². The van der Waals surface area contributed by atoms with E-state index in [0.717, 1.165) is 5.56 Å². The number of aliphatic hydroxyl groups excluding tert-OH is 1. The zero-order chi connectivity index (χ0) is 25.2. The molecule has 1 atom stereocenters. The predicted molar refractivity (Wildman–Crippen MR) is 130 cm³/mol. The van der Waals surface area contributed by atoms with E-state index >= 15 is 0 Å². The Hall–Kier alpha value is -4.66. The monoisotopic (exact) mass is 486 g/mol. The Kier molecular flexibility index (Phi) is 6.12. The highest BCUT2D eigenvalue weighted by molar-refractivity contribution is 6.46. The number of ketones is 1. The van der Waals surface area contributed by atoms with E-state index in [1.807, 2.05) is 30.3 Å². The van der Waals surface area contributed by atoms with Crippen LogP contribution in [0.5, 0.6) is 11.5 Å². The molecule has 9 heteroatoms. The van der Waals surface area contributed by atoms with E-state index in [2.05, 4.69) is 0 Å². The predicted octanol–water partition coefficient (Wildman–Crippen LogP) is 4.03. The summed E-state index contributed by atoms with van der Waals surface area (Å²) >= 11 is 0. The molecule has 0 bridgehead atoms. The number of carbonyl (C=O) groups excluding carboxylic acids is 2. The van der Waals surface area contributed by atoms with Gasteiger partial charge in [-0.05, 0) is 35.7 Å². The second-order valence-corrected chi connectivity index (χ2v) is 8.44. The number of rotatable bonds is 6. The van der Waals surface area contributed by atoms with Gasteiger partial charge in [0.05, 0.1) is 16.5 Å². The molecule has 182 valence electrons. The molecule has 0 saturated carbocycles. The van der Waals surface area contributed by atoms with Crippen molar-refractivity contribution in [3.05, 3.63) is 105 Å². The molecule has 3 aromatic rings. The van der Waals surface area contributed by atoms with E-state index in [1.54, 1.807) is 24.3 Å². The summed E-state index contributed by atoms with van der Waals surface area (Å²) < 4.78 is 11.1. The Bertz CT molecular complexity index is 1380. The third-order valence-electron chi connectivity index (χ3n) is 6.24. The molecule has 0 aromatic heterocycles. The molecule has 1 amide bonds. The van der Waals surface area contributed by atoms with Crippen molar-refractivity contribution in [1.29, 1.82) is 0 Å². The first-order chi connectivity index (χ1) is 17.4. The van der Waals surface area contributed by atoms with Crippen LogP contribution in [0.3, 0.4) is 0 Å². The van der Waals surface area contributed by atoms with Crippen LogP contribution in [0.15, 0.2) is 78.4 Å². The van der Waals surface area contributed by atoms with Crippen LogP contribution in [0.4, 0.5) is 5.69 Å². The number of carbonyl (C=O) groups is 2. The molecule has 0 aliphatic carbocycles. The van der Waals surface area contributed by atoms with E-state index < -0.39 is 22.7 Å². The van der Waals surface area contributed by atoms with Gasteiger partial charge >= 0.3 is 0 Å². The maximum atomic E-state index is 13.2. The first-order valence-electron chi connectivity index (χ1n) is 11.4. The Labute approximate surface area is 206 Å². The Balaban J connectivity index is 1.60. The average Bonchev–Trinajstić information content (AvgIpc) is 3.16. The number of ether oxygens (including phenoxy) is 2. The lowest BCUT2D eigenvalue weighted by atomic mass is 9.94. The van der Waals surface area contributed by atoms with Gasteiger partial charge in [-0.15, -0.1) is 0 Å². The lowest BCUT2D eigenvalue weighted by molar-refractivity contribution is -0.384. The summed E-state index contributed by atoms with van der Waals surface area (Å²) in [5.41, 5.74) is 1.28. The molecule has 9 nitrogen and oxygen atoms in total. The number of hydrogen-bond donors (Lipinski definition) is 1. The number of fused-ring (bicyclic) bond motifs is 1. The van der Waals surface area contributed by atoms with Crippen molar-refractivity contribution >= 4 is 23.1 Å². The van der Waals surface area contributed by atoms with Gasteiger partial charge in [0.1, 0.15) is 19.0 Å². The SMILES string of the molecule is O=C1C(=O)N(CCc2ccccc2)[C@H](c2cccc([N+](=O)[O-])c2)/C1=C(\O)c1ccc2c(c1)OCCO2. The fraction of sp³-hybridized carbons (Fsp3) is 0.185. The van der Waals surface area contributed by atoms with Crippen molar-refractivity contribution in [2.75, 3.05) is 19.8 Å². The normalized spacial score (nSPS) is 18.3. The fourth-order valence-electron chi connectivity index (χ4n) is 4.51. The number of aliphatic hydroxyl groups is 1. The van der Waals surface area contributed by atoms with Crippen molar-refractivity contribution in [2.45, 2.75) is 12.5 Å². The molecule has 2 aliphatic rings. The van der Waals surface area contributed by atoms with E-state index in [9.17, 15) is 24.8 Å². The zero-order valence-electron chi connectivity index (χ0n) is 19.1. The van der Waals surface area contributed by atoms with Crippen LogP contribution in [0.1, 0.15) is 22.7 Å². The average molecular weight is 486 g/mol. The number of hydrogen-bond acceptors (Lipinski definition) is 7. The third kappa shape index (κ3) is 4.26. The number of non-ortho nitro benzene ring substituents is 1. The topological polar surface area (TPSA) is 119 Å². The molecule has 3 aromatic carbocycles. The number of amides is 1. The van der Waals surface area contributed by atoms with Crippen molar-refractivity contribution in [3.63, 3.8) is 0 Å². The molecular formula is C27H22N2O7. The number of nitrogens with zero attached hydrogens (tertiary/aromatic N) is 2. The van der Waals surface area contributed by atoms with Gasteiger partial charge in [0.15, 0.2) is 11.5 Å². The van der Waals surface area contributed by atoms with E-state index in [-0.39, 0.29) is 29.1 Å². The smallest absolute Gasteiger partial charge is 0.295 e. The second-order valence-electron chi connectivity index (χ2n) is 8.44. The molecule has 0 unspecified atom stereocenters. The Morgan fingerprint density at radius 3 is 2.47 bits per heavy atom. The van der Waals surface area contributed by atoms with Gasteiger partial charge in [0, 0.05) is 24.2 Å². The van der Waals surface area contributed by atoms with Crippen LogP contribution in [-0.2, 0) is 16.0 Å². The molecule has 2 heterocycles. The van der Waals surface area contributed by atoms with Gasteiger partial charge in [0.2, 0.25) is 0 Å². The lowest BCUT2D eigenvalue weighted by Gasteiger charge is -2.25. The van der Waals surface area contributed by atoms with E-state index in [0.29, 0.717) is 36.7 Å². The number of Topliss-reactive ketones (excluding diaryl/α,β-unsaturated/α-hetero) is 1. The van der Waals surface area contributed by atoms with Crippen LogP contribution in [0.25, 0.3) is 5.76 Å². The summed E-state index contributed by atoms with van der Waals surface area (Å²) in [5, 5.41) is 22.7. The molecule has 5 rings (SSSR count). The second kappa shape index (κ2) is 9.53. The van der Waals surface area contributed by atoms with Crippen molar-refractivity contribution in [3.8, 4) is 11.5 Å². The molecule has 0 spiro atoms. The van der Waals surface area contributed by atoms with Crippen molar-refractivity contribution in [1.82, 2.24) is 4.90 Å².